The van der Waals surface area contributed by atoms with Gasteiger partial charge >= 0.3 is 5.97 Å². The number of para-hydroxylation sites is 2. The van der Waals surface area contributed by atoms with Gasteiger partial charge in [-0.15, -0.1) is 12.6 Å². The van der Waals surface area contributed by atoms with Gasteiger partial charge in [-0.2, -0.15) is 0 Å². The normalized spacial score (nSPS) is 17.0. The third-order valence-corrected chi connectivity index (χ3v) is 2.28. The van der Waals surface area contributed by atoms with E-state index < -0.39 is 11.0 Å². The van der Waals surface area contributed by atoms with E-state index in [1.807, 2.05) is 12.1 Å². The van der Waals surface area contributed by atoms with Crippen LogP contribution in [-0.4, -0.2) is 16.1 Å². The van der Waals surface area contributed by atoms with Crippen molar-refractivity contribution in [1.29, 1.82) is 0 Å². The molecule has 1 aromatic rings. The Hall–Kier alpha value is -1.36. The molecule has 0 aliphatic carbocycles. The zero-order chi connectivity index (χ0) is 9.47. The van der Waals surface area contributed by atoms with E-state index in [9.17, 15) is 4.79 Å². The number of carboxylic acids is 1. The van der Waals surface area contributed by atoms with Crippen LogP contribution >= 0.6 is 12.6 Å². The summed E-state index contributed by atoms with van der Waals surface area (Å²) in [5, 5.41) is 14.4. The van der Waals surface area contributed by atoms with Crippen molar-refractivity contribution < 1.29 is 9.90 Å². The molecule has 4 nitrogen and oxygen atoms in total. The zero-order valence-corrected chi connectivity index (χ0v) is 7.51. The van der Waals surface area contributed by atoms with Crippen molar-refractivity contribution in [2.45, 2.75) is 4.99 Å². The number of hydrogen-bond acceptors (Lipinski definition) is 4. The molecule has 0 radical (unpaired) electrons. The van der Waals surface area contributed by atoms with Crippen molar-refractivity contribution in [2.75, 3.05) is 10.6 Å². The smallest absolute Gasteiger partial charge is 0.361 e. The number of thiol groups is 1. The lowest BCUT2D eigenvalue weighted by Crippen LogP contribution is -2.44. The van der Waals surface area contributed by atoms with Crippen molar-refractivity contribution >= 4 is 30.0 Å². The highest BCUT2D eigenvalue weighted by Crippen LogP contribution is 2.35. The highest BCUT2D eigenvalue weighted by atomic mass is 32.1. The topological polar surface area (TPSA) is 61.4 Å². The van der Waals surface area contributed by atoms with Crippen LogP contribution < -0.4 is 10.6 Å². The van der Waals surface area contributed by atoms with Crippen LogP contribution in [0.4, 0.5) is 11.4 Å². The maximum atomic E-state index is 10.8. The highest BCUT2D eigenvalue weighted by molar-refractivity contribution is 7.83. The van der Waals surface area contributed by atoms with Crippen molar-refractivity contribution in [3.05, 3.63) is 24.3 Å². The Bertz CT molecular complexity index is 342. The molecule has 68 valence electrons. The predicted molar refractivity (Wildman–Crippen MR) is 53.0 cm³/mol. The summed E-state index contributed by atoms with van der Waals surface area (Å²) >= 11 is 4.00. The van der Waals surface area contributed by atoms with E-state index in [0.29, 0.717) is 0 Å². The first-order chi connectivity index (χ1) is 6.12. The Labute approximate surface area is 80.4 Å². The SMILES string of the molecule is O=C(O)C1(S)Nc2ccccc2N1. The lowest BCUT2D eigenvalue weighted by atomic mass is 10.3. The van der Waals surface area contributed by atoms with Gasteiger partial charge in [0, 0.05) is 0 Å². The summed E-state index contributed by atoms with van der Waals surface area (Å²) in [7, 11) is 0. The van der Waals surface area contributed by atoms with Crippen LogP contribution in [-0.2, 0) is 4.79 Å². The summed E-state index contributed by atoms with van der Waals surface area (Å²) < 4.78 is 0. The first-order valence-corrected chi connectivity index (χ1v) is 4.18. The van der Waals surface area contributed by atoms with Crippen LogP contribution in [0.25, 0.3) is 0 Å². The van der Waals surface area contributed by atoms with Gasteiger partial charge in [0.15, 0.2) is 0 Å². The molecular weight excluding hydrogens is 188 g/mol. The molecule has 0 saturated carbocycles. The van der Waals surface area contributed by atoms with Gasteiger partial charge in [-0.3, -0.25) is 0 Å². The molecule has 2 rings (SSSR count). The molecule has 0 amide bonds. The van der Waals surface area contributed by atoms with E-state index in [1.54, 1.807) is 12.1 Å². The number of anilines is 2. The van der Waals surface area contributed by atoms with Gasteiger partial charge in [-0.1, -0.05) is 12.1 Å². The van der Waals surface area contributed by atoms with E-state index >= 15 is 0 Å². The van der Waals surface area contributed by atoms with Gasteiger partial charge in [0.2, 0.25) is 0 Å². The van der Waals surface area contributed by atoms with Crippen LogP contribution in [0.15, 0.2) is 24.3 Å². The van der Waals surface area contributed by atoms with Crippen LogP contribution in [0.3, 0.4) is 0 Å². The summed E-state index contributed by atoms with van der Waals surface area (Å²) in [6.07, 6.45) is 0. The summed E-state index contributed by atoms with van der Waals surface area (Å²) in [6, 6.07) is 7.25. The molecule has 0 unspecified atom stereocenters. The Morgan fingerprint density at radius 2 is 1.77 bits per heavy atom. The predicted octanol–water partition coefficient (Wildman–Crippen LogP) is 1.19. The second-order valence-corrected chi connectivity index (χ2v) is 3.48. The molecule has 0 atom stereocenters. The van der Waals surface area contributed by atoms with Crippen LogP contribution in [0.5, 0.6) is 0 Å². The average molecular weight is 196 g/mol. The number of carbonyl (C=O) groups is 1. The third kappa shape index (κ3) is 1.21. The number of aliphatic carboxylic acids is 1. The minimum Gasteiger partial charge on any atom is -0.477 e. The Balaban J connectivity index is 2.37. The van der Waals surface area contributed by atoms with Crippen molar-refractivity contribution in [2.24, 2.45) is 0 Å². The largest absolute Gasteiger partial charge is 0.477 e. The molecule has 5 heteroatoms. The fraction of sp³-hybridized carbons (Fsp3) is 0.125. The fourth-order valence-electron chi connectivity index (χ4n) is 1.23. The summed E-state index contributed by atoms with van der Waals surface area (Å²) in [5.41, 5.74) is 1.50. The quantitative estimate of drug-likeness (QED) is 0.510. The zero-order valence-electron chi connectivity index (χ0n) is 6.61. The number of carboxylic acid groups (broad SMARTS) is 1. The number of fused-ring (bicyclic) bond motifs is 1. The van der Waals surface area contributed by atoms with Gasteiger partial charge < -0.3 is 15.7 Å². The lowest BCUT2D eigenvalue weighted by Gasteiger charge is -2.18. The third-order valence-electron chi connectivity index (χ3n) is 1.87. The van der Waals surface area contributed by atoms with Gasteiger partial charge in [0.1, 0.15) is 0 Å². The van der Waals surface area contributed by atoms with Gasteiger partial charge in [0.05, 0.1) is 11.4 Å². The van der Waals surface area contributed by atoms with Crippen molar-refractivity contribution in [1.82, 2.24) is 0 Å². The summed E-state index contributed by atoms with van der Waals surface area (Å²) in [6.45, 7) is 0. The Morgan fingerprint density at radius 1 is 1.31 bits per heavy atom. The molecule has 3 N–H and O–H groups in total. The molecule has 0 bridgehead atoms. The number of nitrogens with one attached hydrogen (secondary N) is 2. The van der Waals surface area contributed by atoms with Crippen LogP contribution in [0.2, 0.25) is 0 Å². The number of hydrogen-bond donors (Lipinski definition) is 4. The minimum atomic E-state index is -1.39. The first-order valence-electron chi connectivity index (χ1n) is 3.73. The molecule has 1 aliphatic heterocycles. The second-order valence-electron chi connectivity index (χ2n) is 2.81. The summed E-state index contributed by atoms with van der Waals surface area (Å²) in [5.74, 6) is -1.05. The van der Waals surface area contributed by atoms with Crippen LogP contribution in [0, 0.1) is 0 Å². The Kier molecular flexibility index (Phi) is 1.63. The molecule has 1 aliphatic rings. The number of rotatable bonds is 1. The minimum absolute atomic E-state index is 0.750. The molecule has 0 saturated heterocycles. The van der Waals surface area contributed by atoms with Gasteiger partial charge in [-0.25, -0.2) is 4.79 Å². The lowest BCUT2D eigenvalue weighted by molar-refractivity contribution is -0.138. The second kappa shape index (κ2) is 2.56. The molecule has 0 aromatic heterocycles. The average Bonchev–Trinajstić information content (AvgIpc) is 2.42. The van der Waals surface area contributed by atoms with E-state index in [2.05, 4.69) is 23.3 Å². The molecule has 0 fully saturated rings. The standard InChI is InChI=1S/C8H8N2O2S/c11-7(12)8(13)9-5-3-1-2-4-6(5)10-8/h1-4,9-10,13H,(H,11,12). The number of benzene rings is 1. The van der Waals surface area contributed by atoms with E-state index in [1.165, 1.54) is 0 Å². The molecule has 1 heterocycles. The summed E-state index contributed by atoms with van der Waals surface area (Å²) in [4.78, 5) is 9.41. The van der Waals surface area contributed by atoms with E-state index in [0.717, 1.165) is 11.4 Å². The van der Waals surface area contributed by atoms with Gasteiger partial charge in [-0.05, 0) is 12.1 Å². The van der Waals surface area contributed by atoms with E-state index in [-0.39, 0.29) is 0 Å². The first kappa shape index (κ1) is 8.25. The van der Waals surface area contributed by atoms with E-state index in [4.69, 9.17) is 5.11 Å². The van der Waals surface area contributed by atoms with Crippen molar-refractivity contribution in [3.8, 4) is 0 Å². The molecule has 13 heavy (non-hydrogen) atoms. The maximum Gasteiger partial charge on any atom is 0.361 e. The molecular formula is C8H8N2O2S. The molecule has 0 spiro atoms. The highest BCUT2D eigenvalue weighted by Gasteiger charge is 2.39. The fourth-order valence-corrected chi connectivity index (χ4v) is 1.47. The van der Waals surface area contributed by atoms with Gasteiger partial charge in [0.25, 0.3) is 4.99 Å². The molecule has 1 aromatic carbocycles. The maximum absolute atomic E-state index is 10.8. The van der Waals surface area contributed by atoms with Crippen LogP contribution in [0.1, 0.15) is 0 Å². The monoisotopic (exact) mass is 196 g/mol. The Morgan fingerprint density at radius 3 is 2.15 bits per heavy atom. The van der Waals surface area contributed by atoms with Crippen molar-refractivity contribution in [3.63, 3.8) is 0 Å².